The number of hydrogen-bond donors (Lipinski definition) is 1. The average molecular weight is 414 g/mol. The van der Waals surface area contributed by atoms with E-state index in [1.54, 1.807) is 14.2 Å². The van der Waals surface area contributed by atoms with E-state index in [2.05, 4.69) is 15.3 Å². The van der Waals surface area contributed by atoms with Crippen LogP contribution >= 0.6 is 11.3 Å². The maximum absolute atomic E-state index is 12.8. The fourth-order valence-electron chi connectivity index (χ4n) is 3.54. The van der Waals surface area contributed by atoms with Crippen molar-refractivity contribution in [1.29, 1.82) is 0 Å². The lowest BCUT2D eigenvalue weighted by atomic mass is 10.2. The Morgan fingerprint density at radius 3 is 2.86 bits per heavy atom. The van der Waals surface area contributed by atoms with E-state index >= 15 is 0 Å². The van der Waals surface area contributed by atoms with Crippen molar-refractivity contribution in [2.75, 3.05) is 18.6 Å². The Hall–Kier alpha value is -2.78. The van der Waals surface area contributed by atoms with E-state index in [0.29, 0.717) is 27.8 Å². The van der Waals surface area contributed by atoms with Crippen molar-refractivity contribution in [1.82, 2.24) is 19.9 Å². The molecule has 3 aromatic rings. The molecule has 8 nitrogen and oxygen atoms in total. The Bertz CT molecular complexity index is 1080. The van der Waals surface area contributed by atoms with Gasteiger partial charge in [-0.05, 0) is 18.4 Å². The summed E-state index contributed by atoms with van der Waals surface area (Å²) in [5.41, 5.74) is 1.19. The fraction of sp³-hybridized carbons (Fsp3) is 0.400. The zero-order valence-electron chi connectivity index (χ0n) is 16.4. The Labute approximate surface area is 172 Å². The highest BCUT2D eigenvalue weighted by Crippen LogP contribution is 2.31. The van der Waals surface area contributed by atoms with Crippen LogP contribution in [0.2, 0.25) is 0 Å². The number of hydrogen-bond acceptors (Lipinski definition) is 7. The lowest BCUT2D eigenvalue weighted by molar-refractivity contribution is -0.122. The molecule has 0 aliphatic carbocycles. The summed E-state index contributed by atoms with van der Waals surface area (Å²) in [7, 11) is 3.23. The van der Waals surface area contributed by atoms with Crippen molar-refractivity contribution in [2.24, 2.45) is 7.05 Å². The normalized spacial score (nSPS) is 16.5. The van der Waals surface area contributed by atoms with Gasteiger partial charge in [-0.2, -0.15) is 0 Å². The second kappa shape index (κ2) is 8.30. The number of nitrogens with zero attached hydrogens (tertiary/aromatic N) is 4. The summed E-state index contributed by atoms with van der Waals surface area (Å²) in [6.45, 7) is 1.48. The number of carbonyl (C=O) groups is 1. The van der Waals surface area contributed by atoms with Gasteiger partial charge in [-0.3, -0.25) is 14.2 Å². The standard InChI is InChI=1S/C20H23N5O3S/c1-24-15(12-28-2)22-18-16(19(24)27)23-20(29-18)25-10-6-9-14(25)17(26)21-11-13-7-4-3-5-8-13/h3-5,7-8,14H,6,9-12H2,1-2H3,(H,21,26). The number of aromatic nitrogens is 3. The molecule has 0 radical (unpaired) electrons. The second-order valence-electron chi connectivity index (χ2n) is 7.03. The zero-order chi connectivity index (χ0) is 20.4. The van der Waals surface area contributed by atoms with E-state index in [-0.39, 0.29) is 24.1 Å². The number of anilines is 1. The van der Waals surface area contributed by atoms with Gasteiger partial charge in [0.25, 0.3) is 5.56 Å². The number of nitrogens with one attached hydrogen (secondary N) is 1. The van der Waals surface area contributed by atoms with Crippen molar-refractivity contribution < 1.29 is 9.53 Å². The van der Waals surface area contributed by atoms with Crippen LogP contribution in [-0.4, -0.2) is 40.1 Å². The molecule has 1 fully saturated rings. The molecule has 1 aliphatic heterocycles. The molecule has 29 heavy (non-hydrogen) atoms. The molecule has 1 aliphatic rings. The summed E-state index contributed by atoms with van der Waals surface area (Å²) in [6, 6.07) is 9.54. The lowest BCUT2D eigenvalue weighted by Crippen LogP contribution is -2.43. The van der Waals surface area contributed by atoms with Gasteiger partial charge in [0.1, 0.15) is 18.5 Å². The topological polar surface area (TPSA) is 89.3 Å². The van der Waals surface area contributed by atoms with Crippen LogP contribution in [0.5, 0.6) is 0 Å². The monoisotopic (exact) mass is 413 g/mol. The molecule has 0 spiro atoms. The average Bonchev–Trinajstić information content (AvgIpc) is 3.38. The number of ether oxygens (including phenoxy) is 1. The van der Waals surface area contributed by atoms with Crippen LogP contribution < -0.4 is 15.8 Å². The Kier molecular flexibility index (Phi) is 5.59. The predicted octanol–water partition coefficient (Wildman–Crippen LogP) is 1.82. The summed E-state index contributed by atoms with van der Waals surface area (Å²) < 4.78 is 6.59. The molecule has 9 heteroatoms. The molecule has 1 amide bonds. The highest BCUT2D eigenvalue weighted by Gasteiger charge is 2.33. The van der Waals surface area contributed by atoms with Crippen LogP contribution in [0.15, 0.2) is 35.1 Å². The van der Waals surface area contributed by atoms with E-state index in [9.17, 15) is 9.59 Å². The molecule has 1 aromatic carbocycles. The number of fused-ring (bicyclic) bond motifs is 1. The van der Waals surface area contributed by atoms with Crippen molar-refractivity contribution in [3.63, 3.8) is 0 Å². The van der Waals surface area contributed by atoms with Crippen LogP contribution in [0.3, 0.4) is 0 Å². The van der Waals surface area contributed by atoms with Gasteiger partial charge in [-0.15, -0.1) is 0 Å². The minimum absolute atomic E-state index is 0.0217. The van der Waals surface area contributed by atoms with Crippen molar-refractivity contribution >= 4 is 32.7 Å². The molecular weight excluding hydrogens is 390 g/mol. The third kappa shape index (κ3) is 3.88. The van der Waals surface area contributed by atoms with E-state index in [1.165, 1.54) is 15.9 Å². The highest BCUT2D eigenvalue weighted by atomic mass is 32.1. The molecule has 152 valence electrons. The Balaban J connectivity index is 1.56. The number of methoxy groups -OCH3 is 1. The van der Waals surface area contributed by atoms with Gasteiger partial charge in [0.05, 0.1) is 0 Å². The van der Waals surface area contributed by atoms with Gasteiger partial charge in [-0.25, -0.2) is 9.97 Å². The molecule has 1 unspecified atom stereocenters. The number of amides is 1. The minimum atomic E-state index is -0.290. The summed E-state index contributed by atoms with van der Waals surface area (Å²) in [4.78, 5) is 37.1. The number of benzene rings is 1. The zero-order valence-corrected chi connectivity index (χ0v) is 17.2. The SMILES string of the molecule is COCc1nc2sc(N3CCCC3C(=O)NCc3ccccc3)nc2c(=O)n1C. The first-order valence-electron chi connectivity index (χ1n) is 9.52. The van der Waals surface area contributed by atoms with Crippen molar-refractivity contribution in [3.05, 3.63) is 52.1 Å². The first-order chi connectivity index (χ1) is 14.1. The molecule has 3 heterocycles. The first kappa shape index (κ1) is 19.5. The van der Waals surface area contributed by atoms with Crippen molar-refractivity contribution in [3.8, 4) is 0 Å². The third-order valence-electron chi connectivity index (χ3n) is 5.11. The van der Waals surface area contributed by atoms with Gasteiger partial charge >= 0.3 is 0 Å². The molecule has 2 aromatic heterocycles. The predicted molar refractivity (Wildman–Crippen MR) is 112 cm³/mol. The largest absolute Gasteiger partial charge is 0.377 e. The van der Waals surface area contributed by atoms with Crippen molar-refractivity contribution in [2.45, 2.75) is 32.0 Å². The number of thiazole rings is 1. The van der Waals surface area contributed by atoms with Gasteiger partial charge < -0.3 is 15.0 Å². The van der Waals surface area contributed by atoms with Crippen LogP contribution in [0.25, 0.3) is 10.3 Å². The molecule has 1 atom stereocenters. The smallest absolute Gasteiger partial charge is 0.280 e. The first-order valence-corrected chi connectivity index (χ1v) is 10.3. The van der Waals surface area contributed by atoms with Crippen LogP contribution in [0.1, 0.15) is 24.2 Å². The number of carbonyl (C=O) groups excluding carboxylic acids is 1. The van der Waals surface area contributed by atoms with Gasteiger partial charge in [-0.1, -0.05) is 41.7 Å². The maximum atomic E-state index is 12.8. The summed E-state index contributed by atoms with van der Waals surface area (Å²) >= 11 is 1.35. The fourth-order valence-corrected chi connectivity index (χ4v) is 4.56. The molecule has 0 saturated carbocycles. The van der Waals surface area contributed by atoms with Gasteiger partial charge in [0.2, 0.25) is 5.91 Å². The second-order valence-corrected chi connectivity index (χ2v) is 7.99. The molecule has 1 saturated heterocycles. The van der Waals surface area contributed by atoms with Crippen LogP contribution in [-0.2, 0) is 29.7 Å². The summed E-state index contributed by atoms with van der Waals surface area (Å²) in [5.74, 6) is 0.533. The lowest BCUT2D eigenvalue weighted by Gasteiger charge is -2.23. The molecule has 1 N–H and O–H groups in total. The Morgan fingerprint density at radius 1 is 1.31 bits per heavy atom. The maximum Gasteiger partial charge on any atom is 0.280 e. The molecule has 4 rings (SSSR count). The minimum Gasteiger partial charge on any atom is -0.377 e. The third-order valence-corrected chi connectivity index (χ3v) is 6.09. The molecule has 0 bridgehead atoms. The van der Waals surface area contributed by atoms with Crippen LogP contribution in [0.4, 0.5) is 5.13 Å². The summed E-state index contributed by atoms with van der Waals surface area (Å²) in [6.07, 6.45) is 1.66. The van der Waals surface area contributed by atoms with Gasteiger partial charge in [0.15, 0.2) is 15.5 Å². The highest BCUT2D eigenvalue weighted by molar-refractivity contribution is 7.21. The van der Waals surface area contributed by atoms with Crippen LogP contribution in [0, 0.1) is 0 Å². The number of rotatable bonds is 6. The van der Waals surface area contributed by atoms with E-state index in [4.69, 9.17) is 4.74 Å². The quantitative estimate of drug-likeness (QED) is 0.663. The van der Waals surface area contributed by atoms with E-state index in [0.717, 1.165) is 24.9 Å². The van der Waals surface area contributed by atoms with Gasteiger partial charge in [0, 0.05) is 27.2 Å². The summed E-state index contributed by atoms with van der Waals surface area (Å²) in [5, 5.41) is 3.68. The Morgan fingerprint density at radius 2 is 2.10 bits per heavy atom. The molecular formula is C20H23N5O3S. The van der Waals surface area contributed by atoms with E-state index < -0.39 is 0 Å². The van der Waals surface area contributed by atoms with E-state index in [1.807, 2.05) is 35.2 Å².